The minimum absolute atomic E-state index is 0.204. The number of benzene rings is 1. The Balaban J connectivity index is 1.91. The molecule has 0 atom stereocenters. The van der Waals surface area contributed by atoms with Gasteiger partial charge in [-0.25, -0.2) is 4.79 Å². The molecule has 2 heterocycles. The summed E-state index contributed by atoms with van der Waals surface area (Å²) in [6, 6.07) is 11.5. The lowest BCUT2D eigenvalue weighted by Crippen LogP contribution is -2.02. The average molecular weight is 331 g/mol. The van der Waals surface area contributed by atoms with Crippen LogP contribution in [0.25, 0.3) is 10.9 Å². The summed E-state index contributed by atoms with van der Waals surface area (Å²) in [5, 5.41) is 10.0. The van der Waals surface area contributed by atoms with Crippen molar-refractivity contribution in [3.05, 3.63) is 64.5 Å². The first kappa shape index (κ1) is 12.9. The van der Waals surface area contributed by atoms with E-state index in [0.717, 1.165) is 21.1 Å². The third-order valence-electron chi connectivity index (χ3n) is 3.14. The Bertz CT molecular complexity index is 778. The molecular weight excluding hydrogens is 320 g/mol. The molecule has 1 aromatic carbocycles. The van der Waals surface area contributed by atoms with Gasteiger partial charge < -0.3 is 9.67 Å². The van der Waals surface area contributed by atoms with Crippen molar-refractivity contribution in [2.24, 2.45) is 0 Å². The van der Waals surface area contributed by atoms with Crippen LogP contribution in [-0.2, 0) is 6.54 Å². The fourth-order valence-electron chi connectivity index (χ4n) is 2.13. The van der Waals surface area contributed by atoms with Crippen LogP contribution in [0.15, 0.2) is 53.3 Å². The van der Waals surface area contributed by atoms with Gasteiger partial charge >= 0.3 is 5.97 Å². The number of nitrogens with zero attached hydrogens (tertiary/aromatic N) is 2. The van der Waals surface area contributed by atoms with Crippen LogP contribution in [0, 0.1) is 0 Å². The predicted molar refractivity (Wildman–Crippen MR) is 79.9 cm³/mol. The molecule has 0 fully saturated rings. The van der Waals surface area contributed by atoms with Gasteiger partial charge in [-0.15, -0.1) is 0 Å². The Kier molecular flexibility index (Phi) is 3.28. The van der Waals surface area contributed by atoms with E-state index in [0.29, 0.717) is 6.54 Å². The number of pyridine rings is 1. The molecule has 2 aromatic heterocycles. The van der Waals surface area contributed by atoms with Crippen molar-refractivity contribution >= 4 is 32.8 Å². The second-order valence-corrected chi connectivity index (χ2v) is 5.41. The summed E-state index contributed by atoms with van der Waals surface area (Å²) in [5.41, 5.74) is 2.16. The number of halogens is 1. The van der Waals surface area contributed by atoms with Crippen LogP contribution in [0.3, 0.4) is 0 Å². The summed E-state index contributed by atoms with van der Waals surface area (Å²) in [5.74, 6) is -0.958. The smallest absolute Gasteiger partial charge is 0.337 e. The Morgan fingerprint density at radius 1 is 1.25 bits per heavy atom. The maximum absolute atomic E-state index is 10.8. The zero-order valence-corrected chi connectivity index (χ0v) is 12.0. The number of carbonyl (C=O) groups is 1. The van der Waals surface area contributed by atoms with E-state index in [4.69, 9.17) is 5.11 Å². The first-order valence-electron chi connectivity index (χ1n) is 6.06. The highest BCUT2D eigenvalue weighted by atomic mass is 79.9. The SMILES string of the molecule is O=C(O)c1ccc(Cn2ccc3cc(Br)ccc32)nc1. The van der Waals surface area contributed by atoms with Crippen molar-refractivity contribution in [1.29, 1.82) is 0 Å². The number of carboxylic acids is 1. The molecule has 0 saturated carbocycles. The maximum atomic E-state index is 10.8. The summed E-state index contributed by atoms with van der Waals surface area (Å²) < 4.78 is 3.14. The largest absolute Gasteiger partial charge is 0.478 e. The lowest BCUT2D eigenvalue weighted by Gasteiger charge is -2.05. The number of fused-ring (bicyclic) bond motifs is 1. The summed E-state index contributed by atoms with van der Waals surface area (Å²) in [7, 11) is 0. The zero-order chi connectivity index (χ0) is 14.1. The van der Waals surface area contributed by atoms with E-state index >= 15 is 0 Å². The van der Waals surface area contributed by atoms with Gasteiger partial charge in [-0.3, -0.25) is 4.98 Å². The van der Waals surface area contributed by atoms with Gasteiger partial charge in [0.25, 0.3) is 0 Å². The summed E-state index contributed by atoms with van der Waals surface area (Å²) in [6.45, 7) is 0.616. The van der Waals surface area contributed by atoms with Crippen molar-refractivity contribution in [2.75, 3.05) is 0 Å². The van der Waals surface area contributed by atoms with Crippen LogP contribution >= 0.6 is 15.9 Å². The van der Waals surface area contributed by atoms with Crippen LogP contribution in [0.1, 0.15) is 16.1 Å². The molecule has 3 aromatic rings. The molecule has 5 heteroatoms. The first-order chi connectivity index (χ1) is 9.63. The fourth-order valence-corrected chi connectivity index (χ4v) is 2.51. The van der Waals surface area contributed by atoms with Gasteiger partial charge in [-0.05, 0) is 36.4 Å². The van der Waals surface area contributed by atoms with E-state index in [1.54, 1.807) is 12.1 Å². The quantitative estimate of drug-likeness (QED) is 0.799. The highest BCUT2D eigenvalue weighted by molar-refractivity contribution is 9.10. The predicted octanol–water partition coefficient (Wildman–Crippen LogP) is 3.55. The zero-order valence-electron chi connectivity index (χ0n) is 10.5. The van der Waals surface area contributed by atoms with Crippen LogP contribution in [0.2, 0.25) is 0 Å². The number of rotatable bonds is 3. The third kappa shape index (κ3) is 2.44. The lowest BCUT2D eigenvalue weighted by molar-refractivity contribution is 0.0696. The van der Waals surface area contributed by atoms with E-state index in [1.807, 2.05) is 24.4 Å². The standard InChI is InChI=1S/C15H11BrN2O2/c16-12-2-4-14-10(7-12)5-6-18(14)9-13-3-1-11(8-17-13)15(19)20/h1-8H,9H2,(H,19,20). The Morgan fingerprint density at radius 2 is 2.10 bits per heavy atom. The highest BCUT2D eigenvalue weighted by Crippen LogP contribution is 2.21. The van der Waals surface area contributed by atoms with Crippen LogP contribution in [0.4, 0.5) is 0 Å². The van der Waals surface area contributed by atoms with Gasteiger partial charge in [0.2, 0.25) is 0 Å². The Hall–Kier alpha value is -2.14. The van der Waals surface area contributed by atoms with E-state index < -0.39 is 5.97 Å². The monoisotopic (exact) mass is 330 g/mol. The molecule has 100 valence electrons. The van der Waals surface area contributed by atoms with Gasteiger partial charge in [0.05, 0.1) is 17.8 Å². The number of hydrogen-bond donors (Lipinski definition) is 1. The molecule has 1 N–H and O–H groups in total. The van der Waals surface area contributed by atoms with Gasteiger partial charge in [-0.2, -0.15) is 0 Å². The molecule has 0 bridgehead atoms. The van der Waals surface area contributed by atoms with Crippen LogP contribution in [-0.4, -0.2) is 20.6 Å². The van der Waals surface area contributed by atoms with E-state index in [1.165, 1.54) is 6.20 Å². The number of carboxylic acid groups (broad SMARTS) is 1. The normalized spacial score (nSPS) is 10.8. The van der Waals surface area contributed by atoms with Crippen molar-refractivity contribution in [1.82, 2.24) is 9.55 Å². The number of aromatic nitrogens is 2. The average Bonchev–Trinajstić information content (AvgIpc) is 2.81. The minimum atomic E-state index is -0.958. The van der Waals surface area contributed by atoms with Crippen LogP contribution in [0.5, 0.6) is 0 Å². The van der Waals surface area contributed by atoms with Gasteiger partial charge in [0.15, 0.2) is 0 Å². The van der Waals surface area contributed by atoms with Crippen molar-refractivity contribution < 1.29 is 9.90 Å². The second kappa shape index (κ2) is 5.09. The minimum Gasteiger partial charge on any atom is -0.478 e. The van der Waals surface area contributed by atoms with Gasteiger partial charge in [-0.1, -0.05) is 15.9 Å². The number of aromatic carboxylic acids is 1. The summed E-state index contributed by atoms with van der Waals surface area (Å²) in [4.78, 5) is 15.0. The molecular formula is C15H11BrN2O2. The fraction of sp³-hybridized carbons (Fsp3) is 0.0667. The lowest BCUT2D eigenvalue weighted by atomic mass is 10.2. The van der Waals surface area contributed by atoms with Gasteiger partial charge in [0.1, 0.15) is 0 Å². The molecule has 3 rings (SSSR count). The molecule has 0 unspecified atom stereocenters. The topological polar surface area (TPSA) is 55.1 Å². The molecule has 0 spiro atoms. The highest BCUT2D eigenvalue weighted by Gasteiger charge is 2.05. The van der Waals surface area contributed by atoms with E-state index in [-0.39, 0.29) is 5.56 Å². The first-order valence-corrected chi connectivity index (χ1v) is 6.85. The molecule has 0 aliphatic rings. The molecule has 4 nitrogen and oxygen atoms in total. The molecule has 20 heavy (non-hydrogen) atoms. The Morgan fingerprint density at radius 3 is 2.80 bits per heavy atom. The maximum Gasteiger partial charge on any atom is 0.337 e. The van der Waals surface area contributed by atoms with Gasteiger partial charge in [0, 0.05) is 27.8 Å². The molecule has 0 saturated heterocycles. The molecule has 0 aliphatic heterocycles. The van der Waals surface area contributed by atoms with Crippen molar-refractivity contribution in [3.63, 3.8) is 0 Å². The molecule has 0 aliphatic carbocycles. The second-order valence-electron chi connectivity index (χ2n) is 4.49. The van der Waals surface area contributed by atoms with Crippen molar-refractivity contribution in [3.8, 4) is 0 Å². The summed E-state index contributed by atoms with van der Waals surface area (Å²) in [6.07, 6.45) is 3.39. The third-order valence-corrected chi connectivity index (χ3v) is 3.63. The Labute approximate surface area is 123 Å². The van der Waals surface area contributed by atoms with Crippen LogP contribution < -0.4 is 0 Å². The number of hydrogen-bond acceptors (Lipinski definition) is 2. The van der Waals surface area contributed by atoms with E-state index in [2.05, 4.69) is 31.5 Å². The summed E-state index contributed by atoms with van der Waals surface area (Å²) >= 11 is 3.45. The molecule has 0 amide bonds. The van der Waals surface area contributed by atoms with Crippen molar-refractivity contribution in [2.45, 2.75) is 6.54 Å². The van der Waals surface area contributed by atoms with E-state index in [9.17, 15) is 4.79 Å². The molecule has 0 radical (unpaired) electrons.